The molecule has 0 aromatic heterocycles. The third-order valence-electron chi connectivity index (χ3n) is 2.61. The van der Waals surface area contributed by atoms with E-state index in [-0.39, 0.29) is 0 Å². The Morgan fingerprint density at radius 1 is 1.27 bits per heavy atom. The molecular formula is C13H21NO. The van der Waals surface area contributed by atoms with Gasteiger partial charge in [0.1, 0.15) is 0 Å². The molecule has 0 saturated carbocycles. The fourth-order valence-corrected chi connectivity index (χ4v) is 1.89. The highest BCUT2D eigenvalue weighted by Crippen LogP contribution is 2.16. The van der Waals surface area contributed by atoms with Crippen LogP contribution in [0.1, 0.15) is 31.0 Å². The quantitative estimate of drug-likeness (QED) is 0.801. The largest absolute Gasteiger partial charge is 0.383 e. The van der Waals surface area contributed by atoms with E-state index in [2.05, 4.69) is 50.4 Å². The van der Waals surface area contributed by atoms with Crippen LogP contribution in [0.3, 0.4) is 0 Å². The third kappa shape index (κ3) is 3.65. The van der Waals surface area contributed by atoms with E-state index in [1.165, 1.54) is 11.1 Å². The lowest BCUT2D eigenvalue weighted by Gasteiger charge is -2.21. The summed E-state index contributed by atoms with van der Waals surface area (Å²) in [5, 5.41) is 3.51. The molecule has 2 atom stereocenters. The molecule has 1 unspecified atom stereocenters. The SMILES string of the molecule is COCC(C)N[C@H](C)c1ccccc1C. The first-order valence-electron chi connectivity index (χ1n) is 5.45. The van der Waals surface area contributed by atoms with Gasteiger partial charge in [-0.25, -0.2) is 0 Å². The van der Waals surface area contributed by atoms with E-state index in [1.54, 1.807) is 7.11 Å². The van der Waals surface area contributed by atoms with Crippen molar-refractivity contribution in [3.05, 3.63) is 35.4 Å². The topological polar surface area (TPSA) is 21.3 Å². The lowest BCUT2D eigenvalue weighted by atomic mass is 10.0. The number of hydrogen-bond acceptors (Lipinski definition) is 2. The highest BCUT2D eigenvalue weighted by molar-refractivity contribution is 5.28. The second-order valence-electron chi connectivity index (χ2n) is 4.10. The monoisotopic (exact) mass is 207 g/mol. The van der Waals surface area contributed by atoms with E-state index in [1.807, 2.05) is 0 Å². The van der Waals surface area contributed by atoms with Gasteiger partial charge in [-0.2, -0.15) is 0 Å². The molecule has 0 aliphatic rings. The van der Waals surface area contributed by atoms with Gasteiger partial charge < -0.3 is 10.1 Å². The highest BCUT2D eigenvalue weighted by atomic mass is 16.5. The average molecular weight is 207 g/mol. The van der Waals surface area contributed by atoms with Crippen LogP contribution in [-0.4, -0.2) is 19.8 Å². The lowest BCUT2D eigenvalue weighted by molar-refractivity contribution is 0.167. The maximum Gasteiger partial charge on any atom is 0.0613 e. The zero-order chi connectivity index (χ0) is 11.3. The Morgan fingerprint density at radius 2 is 1.93 bits per heavy atom. The Balaban J connectivity index is 2.61. The molecule has 1 rings (SSSR count). The summed E-state index contributed by atoms with van der Waals surface area (Å²) in [6.07, 6.45) is 0. The molecule has 0 heterocycles. The van der Waals surface area contributed by atoms with Gasteiger partial charge in [-0.3, -0.25) is 0 Å². The van der Waals surface area contributed by atoms with Gasteiger partial charge in [0.2, 0.25) is 0 Å². The van der Waals surface area contributed by atoms with Gasteiger partial charge >= 0.3 is 0 Å². The molecule has 0 bridgehead atoms. The second kappa shape index (κ2) is 5.89. The number of methoxy groups -OCH3 is 1. The molecule has 0 aliphatic carbocycles. The number of benzene rings is 1. The first-order valence-corrected chi connectivity index (χ1v) is 5.45. The van der Waals surface area contributed by atoms with Gasteiger partial charge in [0, 0.05) is 19.2 Å². The first-order chi connectivity index (χ1) is 7.15. The van der Waals surface area contributed by atoms with Crippen molar-refractivity contribution in [2.75, 3.05) is 13.7 Å². The predicted octanol–water partition coefficient (Wildman–Crippen LogP) is 2.68. The van der Waals surface area contributed by atoms with Gasteiger partial charge in [-0.1, -0.05) is 24.3 Å². The van der Waals surface area contributed by atoms with Crippen LogP contribution in [0.5, 0.6) is 0 Å². The van der Waals surface area contributed by atoms with Gasteiger partial charge in [0.15, 0.2) is 0 Å². The molecule has 0 aliphatic heterocycles. The summed E-state index contributed by atoms with van der Waals surface area (Å²) in [7, 11) is 1.73. The zero-order valence-corrected chi connectivity index (χ0v) is 10.1. The number of ether oxygens (including phenoxy) is 1. The predicted molar refractivity (Wildman–Crippen MR) is 64.1 cm³/mol. The molecule has 0 spiro atoms. The van der Waals surface area contributed by atoms with Crippen LogP contribution in [0, 0.1) is 6.92 Å². The van der Waals surface area contributed by atoms with Crippen molar-refractivity contribution in [1.29, 1.82) is 0 Å². The first kappa shape index (κ1) is 12.2. The van der Waals surface area contributed by atoms with Crippen molar-refractivity contribution in [2.45, 2.75) is 32.9 Å². The van der Waals surface area contributed by atoms with E-state index < -0.39 is 0 Å². The molecule has 0 fully saturated rings. The summed E-state index contributed by atoms with van der Waals surface area (Å²) in [4.78, 5) is 0. The summed E-state index contributed by atoms with van der Waals surface area (Å²) < 4.78 is 5.11. The lowest BCUT2D eigenvalue weighted by Crippen LogP contribution is -2.32. The Hall–Kier alpha value is -0.860. The Kier molecular flexibility index (Phi) is 4.79. The van der Waals surface area contributed by atoms with Gasteiger partial charge in [-0.15, -0.1) is 0 Å². The highest BCUT2D eigenvalue weighted by Gasteiger charge is 2.10. The molecule has 0 radical (unpaired) electrons. The van der Waals surface area contributed by atoms with Crippen LogP contribution in [0.15, 0.2) is 24.3 Å². The van der Waals surface area contributed by atoms with Crippen LogP contribution in [0.25, 0.3) is 0 Å². The van der Waals surface area contributed by atoms with Gasteiger partial charge in [0.05, 0.1) is 6.61 Å². The molecule has 2 nitrogen and oxygen atoms in total. The van der Waals surface area contributed by atoms with Crippen LogP contribution in [0.4, 0.5) is 0 Å². The number of hydrogen-bond donors (Lipinski definition) is 1. The van der Waals surface area contributed by atoms with Crippen molar-refractivity contribution < 1.29 is 4.74 Å². The molecule has 1 N–H and O–H groups in total. The minimum atomic E-state index is 0.372. The molecule has 0 amide bonds. The summed E-state index contributed by atoms with van der Waals surface area (Å²) in [6.45, 7) is 7.22. The molecule has 84 valence electrons. The Labute approximate surface area is 92.6 Å². The molecular weight excluding hydrogens is 186 g/mol. The van der Waals surface area contributed by atoms with Crippen LogP contribution < -0.4 is 5.32 Å². The Bertz CT molecular complexity index is 298. The third-order valence-corrected chi connectivity index (χ3v) is 2.61. The maximum atomic E-state index is 5.11. The fourth-order valence-electron chi connectivity index (χ4n) is 1.89. The van der Waals surface area contributed by atoms with E-state index in [0.717, 1.165) is 6.61 Å². The molecule has 1 aromatic carbocycles. The van der Waals surface area contributed by atoms with E-state index in [0.29, 0.717) is 12.1 Å². The number of rotatable bonds is 5. The normalized spacial score (nSPS) is 14.9. The smallest absolute Gasteiger partial charge is 0.0613 e. The van der Waals surface area contributed by atoms with E-state index >= 15 is 0 Å². The van der Waals surface area contributed by atoms with Crippen molar-refractivity contribution in [3.63, 3.8) is 0 Å². The standard InChI is InChI=1S/C13H21NO/c1-10-7-5-6-8-13(10)12(3)14-11(2)9-15-4/h5-8,11-12,14H,9H2,1-4H3/t11?,12-/m1/s1. The van der Waals surface area contributed by atoms with Gasteiger partial charge in [-0.05, 0) is 31.9 Å². The summed E-state index contributed by atoms with van der Waals surface area (Å²) in [5.41, 5.74) is 2.70. The minimum Gasteiger partial charge on any atom is -0.383 e. The second-order valence-corrected chi connectivity index (χ2v) is 4.10. The molecule has 2 heteroatoms. The summed E-state index contributed by atoms with van der Waals surface area (Å²) >= 11 is 0. The van der Waals surface area contributed by atoms with Crippen molar-refractivity contribution in [2.24, 2.45) is 0 Å². The number of nitrogens with one attached hydrogen (secondary N) is 1. The van der Waals surface area contributed by atoms with E-state index in [9.17, 15) is 0 Å². The average Bonchev–Trinajstić information content (AvgIpc) is 2.18. The van der Waals surface area contributed by atoms with Crippen molar-refractivity contribution in [1.82, 2.24) is 5.32 Å². The van der Waals surface area contributed by atoms with Gasteiger partial charge in [0.25, 0.3) is 0 Å². The number of aryl methyl sites for hydroxylation is 1. The minimum absolute atomic E-state index is 0.372. The summed E-state index contributed by atoms with van der Waals surface area (Å²) in [5.74, 6) is 0. The zero-order valence-electron chi connectivity index (χ0n) is 10.1. The molecule has 1 aromatic rings. The maximum absolute atomic E-state index is 5.11. The van der Waals surface area contributed by atoms with Crippen LogP contribution in [0.2, 0.25) is 0 Å². The molecule has 15 heavy (non-hydrogen) atoms. The van der Waals surface area contributed by atoms with Crippen molar-refractivity contribution >= 4 is 0 Å². The van der Waals surface area contributed by atoms with Crippen molar-refractivity contribution in [3.8, 4) is 0 Å². The summed E-state index contributed by atoms with van der Waals surface area (Å²) in [6, 6.07) is 9.23. The van der Waals surface area contributed by atoms with E-state index in [4.69, 9.17) is 4.74 Å². The van der Waals surface area contributed by atoms with Crippen LogP contribution in [-0.2, 0) is 4.74 Å². The molecule has 0 saturated heterocycles. The van der Waals surface area contributed by atoms with Crippen LogP contribution >= 0.6 is 0 Å². The Morgan fingerprint density at radius 3 is 2.53 bits per heavy atom. The fraction of sp³-hybridized carbons (Fsp3) is 0.538.